The van der Waals surface area contributed by atoms with Crippen LogP contribution in [0.4, 0.5) is 0 Å². The van der Waals surface area contributed by atoms with Crippen molar-refractivity contribution in [1.82, 2.24) is 0 Å². The van der Waals surface area contributed by atoms with Gasteiger partial charge in [0.1, 0.15) is 0 Å². The average Bonchev–Trinajstić information content (AvgIpc) is 2.16. The molecule has 0 saturated carbocycles. The van der Waals surface area contributed by atoms with E-state index in [4.69, 9.17) is 0 Å². The Bertz CT molecular complexity index is 236. The van der Waals surface area contributed by atoms with Crippen molar-refractivity contribution in [2.24, 2.45) is 0 Å². The number of unbranched alkanes of at least 4 members (excludes halogenated alkanes) is 3. The van der Waals surface area contributed by atoms with Gasteiger partial charge in [0, 0.05) is 6.42 Å². The van der Waals surface area contributed by atoms with Crippen LogP contribution in [-0.4, -0.2) is 13.9 Å². The smallest absolute Gasteiger partial charge is 0.154 e. The minimum absolute atomic E-state index is 0.418. The Kier molecular flexibility index (Phi) is 7.65. The third-order valence-corrected chi connectivity index (χ3v) is 4.85. The van der Waals surface area contributed by atoms with Gasteiger partial charge in [0.2, 0.25) is 0 Å². The van der Waals surface area contributed by atoms with E-state index in [1.165, 1.54) is 18.0 Å². The quantitative estimate of drug-likeness (QED) is 0.340. The number of ketones is 1. The molecule has 0 unspecified atom stereocenters. The lowest BCUT2D eigenvalue weighted by molar-refractivity contribution is -0.115. The van der Waals surface area contributed by atoms with Gasteiger partial charge < -0.3 is 0 Å². The predicted octanol–water partition coefficient (Wildman–Crippen LogP) is 4.74. The molecule has 0 aromatic carbocycles. The molecule has 0 saturated heterocycles. The highest BCUT2D eigenvalue weighted by molar-refractivity contribution is 6.87. The molecule has 0 heterocycles. The Morgan fingerprint density at radius 2 is 1.69 bits per heavy atom. The van der Waals surface area contributed by atoms with Gasteiger partial charge in [-0.05, 0) is 18.0 Å². The zero-order valence-electron chi connectivity index (χ0n) is 11.7. The molecule has 0 N–H and O–H groups in total. The number of hydrogen-bond acceptors (Lipinski definition) is 1. The first-order valence-electron chi connectivity index (χ1n) is 6.67. The van der Waals surface area contributed by atoms with E-state index in [1.807, 2.05) is 0 Å². The summed E-state index contributed by atoms with van der Waals surface area (Å²) in [6.45, 7) is 11.2. The molecule has 0 aliphatic carbocycles. The van der Waals surface area contributed by atoms with E-state index >= 15 is 0 Å². The summed E-state index contributed by atoms with van der Waals surface area (Å²) < 4.78 is 0. The summed E-state index contributed by atoms with van der Waals surface area (Å²) >= 11 is 0. The lowest BCUT2D eigenvalue weighted by atomic mass is 10.1. The Morgan fingerprint density at radius 1 is 1.06 bits per heavy atom. The van der Waals surface area contributed by atoms with Crippen molar-refractivity contribution >= 4 is 13.9 Å². The molecular weight excluding hydrogens is 212 g/mol. The molecule has 0 atom stereocenters. The van der Waals surface area contributed by atoms with Crippen LogP contribution in [0.15, 0.2) is 11.3 Å². The summed E-state index contributed by atoms with van der Waals surface area (Å²) in [5, 5.41) is 1.17. The number of allylic oxidation sites excluding steroid dienone is 2. The molecule has 0 aliphatic heterocycles. The fourth-order valence-electron chi connectivity index (χ4n) is 1.80. The lowest BCUT2D eigenvalue weighted by Crippen LogP contribution is -2.29. The van der Waals surface area contributed by atoms with E-state index in [-0.39, 0.29) is 0 Å². The first-order chi connectivity index (χ1) is 7.43. The van der Waals surface area contributed by atoms with Crippen molar-refractivity contribution in [1.29, 1.82) is 0 Å². The molecule has 0 aromatic rings. The van der Waals surface area contributed by atoms with Crippen molar-refractivity contribution < 1.29 is 4.79 Å². The standard InChI is InChI=1S/C14H28OSi/c1-6-8-10-11-13(15)14(12-9-7-2)16(3,4)5/h12H,6-11H2,1-5H3/b14-12-. The fourth-order valence-corrected chi connectivity index (χ4v) is 3.52. The summed E-state index contributed by atoms with van der Waals surface area (Å²) in [6.07, 6.45) is 8.58. The first-order valence-corrected chi connectivity index (χ1v) is 10.2. The van der Waals surface area contributed by atoms with Crippen molar-refractivity contribution in [2.75, 3.05) is 0 Å². The average molecular weight is 240 g/mol. The molecular formula is C14H28OSi. The second-order valence-corrected chi connectivity index (χ2v) is 10.6. The van der Waals surface area contributed by atoms with Crippen molar-refractivity contribution in [3.63, 3.8) is 0 Å². The van der Waals surface area contributed by atoms with E-state index in [9.17, 15) is 4.79 Å². The largest absolute Gasteiger partial charge is 0.295 e. The Balaban J connectivity index is 4.46. The molecule has 0 rings (SSSR count). The first kappa shape index (κ1) is 15.6. The molecule has 0 radical (unpaired) electrons. The molecule has 2 heteroatoms. The molecule has 16 heavy (non-hydrogen) atoms. The SMILES string of the molecule is CCC/C=C(/C(=O)CCCCC)[Si](C)(C)C. The monoisotopic (exact) mass is 240 g/mol. The van der Waals surface area contributed by atoms with E-state index in [1.54, 1.807) is 0 Å². The van der Waals surface area contributed by atoms with Crippen LogP contribution in [0.5, 0.6) is 0 Å². The van der Waals surface area contributed by atoms with Crippen LogP contribution in [0.25, 0.3) is 0 Å². The van der Waals surface area contributed by atoms with Crippen LogP contribution in [0.1, 0.15) is 52.4 Å². The lowest BCUT2D eigenvalue weighted by Gasteiger charge is -2.20. The maximum absolute atomic E-state index is 12.1. The summed E-state index contributed by atoms with van der Waals surface area (Å²) in [4.78, 5) is 12.1. The van der Waals surface area contributed by atoms with Crippen molar-refractivity contribution in [2.45, 2.75) is 72.0 Å². The van der Waals surface area contributed by atoms with E-state index in [0.717, 1.165) is 25.7 Å². The number of carbonyl (C=O) groups is 1. The second-order valence-electron chi connectivity index (χ2n) is 5.54. The van der Waals surface area contributed by atoms with Crippen LogP contribution in [-0.2, 0) is 4.79 Å². The zero-order chi connectivity index (χ0) is 12.6. The van der Waals surface area contributed by atoms with E-state index in [0.29, 0.717) is 5.78 Å². The molecule has 94 valence electrons. The highest BCUT2D eigenvalue weighted by Gasteiger charge is 2.24. The maximum atomic E-state index is 12.1. The Labute approximate surface area is 102 Å². The minimum atomic E-state index is -1.44. The second kappa shape index (κ2) is 7.83. The van der Waals surface area contributed by atoms with Crippen LogP contribution in [0.3, 0.4) is 0 Å². The third-order valence-electron chi connectivity index (χ3n) is 2.75. The summed E-state index contributed by atoms with van der Waals surface area (Å²) in [6, 6.07) is 0. The molecule has 0 aromatic heterocycles. The van der Waals surface area contributed by atoms with Crippen LogP contribution in [0.2, 0.25) is 19.6 Å². The maximum Gasteiger partial charge on any atom is 0.154 e. The molecule has 0 aliphatic rings. The highest BCUT2D eigenvalue weighted by Crippen LogP contribution is 2.19. The summed E-state index contributed by atoms with van der Waals surface area (Å²) in [5.74, 6) is 0.418. The van der Waals surface area contributed by atoms with Gasteiger partial charge in [-0.25, -0.2) is 0 Å². The summed E-state index contributed by atoms with van der Waals surface area (Å²) in [7, 11) is -1.44. The fraction of sp³-hybridized carbons (Fsp3) is 0.786. The minimum Gasteiger partial charge on any atom is -0.295 e. The van der Waals surface area contributed by atoms with Gasteiger partial charge in [-0.1, -0.05) is 58.8 Å². The van der Waals surface area contributed by atoms with Crippen LogP contribution >= 0.6 is 0 Å². The molecule has 0 spiro atoms. The zero-order valence-corrected chi connectivity index (χ0v) is 12.7. The predicted molar refractivity (Wildman–Crippen MR) is 75.5 cm³/mol. The van der Waals surface area contributed by atoms with Gasteiger partial charge >= 0.3 is 0 Å². The van der Waals surface area contributed by atoms with Gasteiger partial charge in [-0.3, -0.25) is 4.79 Å². The number of carbonyl (C=O) groups excluding carboxylic acids is 1. The van der Waals surface area contributed by atoms with Gasteiger partial charge in [-0.15, -0.1) is 0 Å². The number of hydrogen-bond donors (Lipinski definition) is 0. The molecule has 0 fully saturated rings. The van der Waals surface area contributed by atoms with Crippen LogP contribution in [0, 0.1) is 0 Å². The van der Waals surface area contributed by atoms with Gasteiger partial charge in [-0.2, -0.15) is 0 Å². The third kappa shape index (κ3) is 6.26. The highest BCUT2D eigenvalue weighted by atomic mass is 28.3. The van der Waals surface area contributed by atoms with Crippen LogP contribution < -0.4 is 0 Å². The van der Waals surface area contributed by atoms with Crippen molar-refractivity contribution in [3.8, 4) is 0 Å². The topological polar surface area (TPSA) is 17.1 Å². The summed E-state index contributed by atoms with van der Waals surface area (Å²) in [5.41, 5.74) is 0. The van der Waals surface area contributed by atoms with Gasteiger partial charge in [0.05, 0.1) is 8.07 Å². The number of Topliss-reactive ketones (excluding diaryl/α,β-unsaturated/α-hetero) is 1. The normalized spacial score (nSPS) is 12.9. The molecule has 1 nitrogen and oxygen atoms in total. The van der Waals surface area contributed by atoms with Crippen molar-refractivity contribution in [3.05, 3.63) is 11.3 Å². The number of rotatable bonds is 8. The Morgan fingerprint density at radius 3 is 2.12 bits per heavy atom. The van der Waals surface area contributed by atoms with E-state index < -0.39 is 8.07 Å². The van der Waals surface area contributed by atoms with E-state index in [2.05, 4.69) is 39.6 Å². The molecule has 0 amide bonds. The molecule has 0 bridgehead atoms. The van der Waals surface area contributed by atoms with Gasteiger partial charge in [0.25, 0.3) is 0 Å². The van der Waals surface area contributed by atoms with Gasteiger partial charge in [0.15, 0.2) is 5.78 Å². The Hall–Kier alpha value is -0.373.